The average molecular weight is 343 g/mol. The van der Waals surface area contributed by atoms with Gasteiger partial charge in [0.2, 0.25) is 4.80 Å². The van der Waals surface area contributed by atoms with Crippen molar-refractivity contribution in [2.45, 2.75) is 6.92 Å². The molecule has 0 atom stereocenters. The summed E-state index contributed by atoms with van der Waals surface area (Å²) < 4.78 is 12.3. The molecule has 0 radical (unpaired) electrons. The highest BCUT2D eigenvalue weighted by atomic mass is 32.1. The number of rotatable bonds is 5. The van der Waals surface area contributed by atoms with Crippen molar-refractivity contribution < 1.29 is 14.3 Å². The summed E-state index contributed by atoms with van der Waals surface area (Å²) in [5, 5.41) is 16.2. The van der Waals surface area contributed by atoms with E-state index >= 15 is 0 Å². The van der Waals surface area contributed by atoms with Gasteiger partial charge in [-0.1, -0.05) is 0 Å². The van der Waals surface area contributed by atoms with E-state index in [9.17, 15) is 5.11 Å². The average Bonchev–Trinajstić information content (AvgIpc) is 3.24. The first-order chi connectivity index (χ1) is 11.7. The summed E-state index contributed by atoms with van der Waals surface area (Å²) in [4.78, 5) is 5.24. The zero-order valence-corrected chi connectivity index (χ0v) is 14.2. The third kappa shape index (κ3) is 3.26. The van der Waals surface area contributed by atoms with Gasteiger partial charge in [0, 0.05) is 11.9 Å². The van der Waals surface area contributed by atoms with E-state index in [-0.39, 0.29) is 5.75 Å². The molecule has 0 bridgehead atoms. The van der Waals surface area contributed by atoms with Crippen molar-refractivity contribution in [3.63, 3.8) is 0 Å². The van der Waals surface area contributed by atoms with Gasteiger partial charge in [-0.05, 0) is 42.8 Å². The topological polar surface area (TPSA) is 72.2 Å². The van der Waals surface area contributed by atoms with Crippen molar-refractivity contribution in [1.29, 1.82) is 0 Å². The fraction of sp³-hybridized carbons (Fsp3) is 0.176. The SMILES string of the molecule is CCN=c1scc(-c2ccco2)n1N=Cc1ccc(O)c(OC)c1. The molecule has 6 nitrogen and oxygen atoms in total. The molecule has 0 spiro atoms. The molecule has 0 unspecified atom stereocenters. The van der Waals surface area contributed by atoms with Gasteiger partial charge in [0.1, 0.15) is 5.69 Å². The van der Waals surface area contributed by atoms with Gasteiger partial charge < -0.3 is 14.3 Å². The molecule has 24 heavy (non-hydrogen) atoms. The summed E-state index contributed by atoms with van der Waals surface area (Å²) in [5.41, 5.74) is 1.63. The quantitative estimate of drug-likeness (QED) is 0.722. The minimum atomic E-state index is 0.0933. The molecule has 2 aromatic heterocycles. The number of methoxy groups -OCH3 is 1. The van der Waals surface area contributed by atoms with Crippen LogP contribution in [0.4, 0.5) is 0 Å². The van der Waals surface area contributed by atoms with Crippen molar-refractivity contribution in [3.8, 4) is 23.0 Å². The van der Waals surface area contributed by atoms with Gasteiger partial charge in [-0.3, -0.25) is 4.99 Å². The van der Waals surface area contributed by atoms with Crippen LogP contribution in [0.1, 0.15) is 12.5 Å². The Morgan fingerprint density at radius 2 is 2.25 bits per heavy atom. The number of phenols is 1. The van der Waals surface area contributed by atoms with Crippen molar-refractivity contribution in [2.75, 3.05) is 13.7 Å². The van der Waals surface area contributed by atoms with Gasteiger partial charge in [-0.15, -0.1) is 11.3 Å². The second kappa shape index (κ2) is 7.18. The first-order valence-corrected chi connectivity index (χ1v) is 8.27. The third-order valence-electron chi connectivity index (χ3n) is 3.28. The van der Waals surface area contributed by atoms with E-state index in [1.807, 2.05) is 24.4 Å². The van der Waals surface area contributed by atoms with E-state index < -0.39 is 0 Å². The normalized spacial score (nSPS) is 12.2. The Morgan fingerprint density at radius 1 is 1.38 bits per heavy atom. The van der Waals surface area contributed by atoms with Gasteiger partial charge in [-0.2, -0.15) is 5.10 Å². The molecule has 1 N–H and O–H groups in total. The molecule has 0 fully saturated rings. The van der Waals surface area contributed by atoms with Crippen molar-refractivity contribution >= 4 is 17.6 Å². The Bertz CT molecular complexity index is 908. The Kier molecular flexibility index (Phi) is 4.81. The van der Waals surface area contributed by atoms with Crippen LogP contribution in [0.25, 0.3) is 11.5 Å². The van der Waals surface area contributed by atoms with Crippen LogP contribution >= 0.6 is 11.3 Å². The maximum absolute atomic E-state index is 9.67. The zero-order valence-electron chi connectivity index (χ0n) is 13.3. The van der Waals surface area contributed by atoms with Crippen molar-refractivity contribution in [1.82, 2.24) is 4.68 Å². The molecule has 3 rings (SSSR count). The molecule has 0 aliphatic heterocycles. The third-order valence-corrected chi connectivity index (χ3v) is 4.13. The van der Waals surface area contributed by atoms with Crippen LogP contribution in [0, 0.1) is 0 Å². The van der Waals surface area contributed by atoms with E-state index in [1.165, 1.54) is 18.4 Å². The van der Waals surface area contributed by atoms with Gasteiger partial charge in [0.05, 0.1) is 19.6 Å². The fourth-order valence-corrected chi connectivity index (χ4v) is 3.03. The van der Waals surface area contributed by atoms with Crippen LogP contribution in [0.15, 0.2) is 56.5 Å². The van der Waals surface area contributed by atoms with Gasteiger partial charge in [0.25, 0.3) is 0 Å². The number of phenolic OH excluding ortho intramolecular Hbond substituents is 1. The maximum Gasteiger partial charge on any atom is 0.206 e. The highest BCUT2D eigenvalue weighted by Gasteiger charge is 2.09. The Labute approximate surface area is 143 Å². The van der Waals surface area contributed by atoms with E-state index in [1.54, 1.807) is 35.4 Å². The maximum atomic E-state index is 9.67. The second-order valence-corrected chi connectivity index (χ2v) is 5.68. The van der Waals surface area contributed by atoms with Gasteiger partial charge in [0.15, 0.2) is 17.3 Å². The summed E-state index contributed by atoms with van der Waals surface area (Å²) >= 11 is 1.50. The lowest BCUT2D eigenvalue weighted by atomic mass is 10.2. The number of furan rings is 1. The van der Waals surface area contributed by atoms with E-state index in [0.717, 1.165) is 21.8 Å². The molecule has 2 heterocycles. The zero-order chi connectivity index (χ0) is 16.9. The molecule has 3 aromatic rings. The van der Waals surface area contributed by atoms with E-state index in [0.29, 0.717) is 12.3 Å². The number of aromatic hydroxyl groups is 1. The highest BCUT2D eigenvalue weighted by molar-refractivity contribution is 7.07. The number of hydrogen-bond acceptors (Lipinski definition) is 6. The summed E-state index contributed by atoms with van der Waals surface area (Å²) in [5.74, 6) is 1.22. The predicted molar refractivity (Wildman–Crippen MR) is 93.8 cm³/mol. The fourth-order valence-electron chi connectivity index (χ4n) is 2.15. The van der Waals surface area contributed by atoms with Crippen LogP contribution < -0.4 is 9.54 Å². The molecular formula is C17H17N3O3S. The van der Waals surface area contributed by atoms with E-state index in [4.69, 9.17) is 9.15 Å². The number of thiazole rings is 1. The minimum Gasteiger partial charge on any atom is -0.504 e. The van der Waals surface area contributed by atoms with Crippen LogP contribution in [0.2, 0.25) is 0 Å². The first-order valence-electron chi connectivity index (χ1n) is 7.39. The molecule has 1 aromatic carbocycles. The van der Waals surface area contributed by atoms with E-state index in [2.05, 4.69) is 10.1 Å². The summed E-state index contributed by atoms with van der Waals surface area (Å²) in [7, 11) is 1.51. The number of aromatic nitrogens is 1. The molecule has 7 heteroatoms. The van der Waals surface area contributed by atoms with Crippen LogP contribution in [0.5, 0.6) is 11.5 Å². The molecule has 0 saturated carbocycles. The largest absolute Gasteiger partial charge is 0.504 e. The van der Waals surface area contributed by atoms with Crippen LogP contribution in [0.3, 0.4) is 0 Å². The highest BCUT2D eigenvalue weighted by Crippen LogP contribution is 2.25. The molecule has 0 amide bonds. The summed E-state index contributed by atoms with van der Waals surface area (Å²) in [6, 6.07) is 8.77. The standard InChI is InChI=1S/C17H17N3O3S/c1-3-18-17-20(13(11-24-17)15-5-4-8-23-15)19-10-12-6-7-14(21)16(9-12)22-2/h4-11,21H,3H2,1-2H3. The summed E-state index contributed by atoms with van der Waals surface area (Å²) in [6.07, 6.45) is 3.32. The number of ether oxygens (including phenoxy) is 1. The van der Waals surface area contributed by atoms with Gasteiger partial charge in [-0.25, -0.2) is 4.68 Å². The Morgan fingerprint density at radius 3 is 2.96 bits per heavy atom. The lowest BCUT2D eigenvalue weighted by Crippen LogP contribution is -2.12. The molecule has 0 aliphatic carbocycles. The lowest BCUT2D eigenvalue weighted by Gasteiger charge is -2.04. The lowest BCUT2D eigenvalue weighted by molar-refractivity contribution is 0.373. The minimum absolute atomic E-state index is 0.0933. The Balaban J connectivity index is 2.03. The molecule has 0 aliphatic rings. The predicted octanol–water partition coefficient (Wildman–Crippen LogP) is 3.33. The first kappa shape index (κ1) is 16.1. The van der Waals surface area contributed by atoms with Crippen molar-refractivity contribution in [3.05, 3.63) is 52.3 Å². The Hall–Kier alpha value is -2.80. The smallest absolute Gasteiger partial charge is 0.206 e. The van der Waals surface area contributed by atoms with Crippen molar-refractivity contribution in [2.24, 2.45) is 10.1 Å². The van der Waals surface area contributed by atoms with Gasteiger partial charge >= 0.3 is 0 Å². The molecule has 0 saturated heterocycles. The molecule has 124 valence electrons. The second-order valence-electron chi connectivity index (χ2n) is 4.84. The number of benzene rings is 1. The van der Waals surface area contributed by atoms with Crippen LogP contribution in [-0.2, 0) is 0 Å². The summed E-state index contributed by atoms with van der Waals surface area (Å²) in [6.45, 7) is 2.64. The monoisotopic (exact) mass is 343 g/mol. The number of hydrogen-bond donors (Lipinski definition) is 1. The molecular weight excluding hydrogens is 326 g/mol. The van der Waals surface area contributed by atoms with Crippen LogP contribution in [-0.4, -0.2) is 29.7 Å². The number of nitrogens with zero attached hydrogens (tertiary/aromatic N) is 3.